The number of esters is 1. The van der Waals surface area contributed by atoms with E-state index in [1.165, 1.54) is 26.2 Å². The van der Waals surface area contributed by atoms with Gasteiger partial charge in [0.15, 0.2) is 6.61 Å². The maximum atomic E-state index is 13.5. The van der Waals surface area contributed by atoms with Gasteiger partial charge >= 0.3 is 5.97 Å². The standard InChI is InChI=1S/C17H15ClF2N2O5S/c1-22(2)28(25,26)10-6-7-12(18)11(8-10)17(24)27-9-15(23)21-16-13(19)4-3-5-14(16)20/h3-8H,9H2,1-2H3,(H,21,23). The summed E-state index contributed by atoms with van der Waals surface area (Å²) in [5.41, 5.74) is -0.963. The van der Waals surface area contributed by atoms with Gasteiger partial charge in [0.1, 0.15) is 17.3 Å². The molecule has 0 aliphatic carbocycles. The first-order valence-electron chi connectivity index (χ1n) is 7.67. The van der Waals surface area contributed by atoms with E-state index in [9.17, 15) is 26.8 Å². The van der Waals surface area contributed by atoms with E-state index in [1.54, 1.807) is 0 Å². The molecule has 0 radical (unpaired) electrons. The molecule has 11 heteroatoms. The lowest BCUT2D eigenvalue weighted by molar-refractivity contribution is -0.119. The Hall–Kier alpha value is -2.56. The summed E-state index contributed by atoms with van der Waals surface area (Å²) in [6.07, 6.45) is 0. The van der Waals surface area contributed by atoms with Crippen LogP contribution < -0.4 is 5.32 Å². The molecule has 2 aromatic carbocycles. The van der Waals surface area contributed by atoms with Crippen molar-refractivity contribution in [2.75, 3.05) is 26.0 Å². The zero-order valence-electron chi connectivity index (χ0n) is 14.7. The molecule has 150 valence electrons. The van der Waals surface area contributed by atoms with E-state index in [0.29, 0.717) is 0 Å². The monoisotopic (exact) mass is 432 g/mol. The van der Waals surface area contributed by atoms with Gasteiger partial charge in [-0.15, -0.1) is 0 Å². The number of ether oxygens (including phenoxy) is 1. The van der Waals surface area contributed by atoms with Gasteiger partial charge in [0.2, 0.25) is 10.0 Å². The number of benzene rings is 2. The number of rotatable bonds is 6. The Balaban J connectivity index is 2.12. The Morgan fingerprint density at radius 1 is 1.14 bits per heavy atom. The third-order valence-corrected chi connectivity index (χ3v) is 5.64. The van der Waals surface area contributed by atoms with E-state index < -0.39 is 45.8 Å². The molecule has 0 heterocycles. The highest BCUT2D eigenvalue weighted by atomic mass is 35.5. The molecule has 0 bridgehead atoms. The zero-order valence-corrected chi connectivity index (χ0v) is 16.3. The Morgan fingerprint density at radius 3 is 2.32 bits per heavy atom. The Labute approximate surface area is 164 Å². The van der Waals surface area contributed by atoms with Gasteiger partial charge in [0.25, 0.3) is 5.91 Å². The van der Waals surface area contributed by atoms with Crippen molar-refractivity contribution in [2.24, 2.45) is 0 Å². The molecule has 7 nitrogen and oxygen atoms in total. The summed E-state index contributed by atoms with van der Waals surface area (Å²) >= 11 is 5.90. The lowest BCUT2D eigenvalue weighted by Gasteiger charge is -2.13. The third-order valence-electron chi connectivity index (χ3n) is 3.50. The third kappa shape index (κ3) is 4.83. The lowest BCUT2D eigenvalue weighted by Crippen LogP contribution is -2.24. The number of nitrogens with one attached hydrogen (secondary N) is 1. The summed E-state index contributed by atoms with van der Waals surface area (Å²) in [7, 11) is -1.20. The molecule has 0 aliphatic rings. The molecule has 0 saturated heterocycles. The van der Waals surface area contributed by atoms with E-state index in [-0.39, 0.29) is 15.5 Å². The largest absolute Gasteiger partial charge is 0.452 e. The van der Waals surface area contributed by atoms with Crippen LogP contribution in [-0.4, -0.2) is 45.3 Å². The first-order chi connectivity index (χ1) is 13.0. The number of para-hydroxylation sites is 1. The highest BCUT2D eigenvalue weighted by molar-refractivity contribution is 7.89. The van der Waals surface area contributed by atoms with Crippen molar-refractivity contribution in [1.29, 1.82) is 0 Å². The van der Waals surface area contributed by atoms with E-state index >= 15 is 0 Å². The fourth-order valence-corrected chi connectivity index (χ4v) is 3.16. The van der Waals surface area contributed by atoms with Crippen molar-refractivity contribution in [3.63, 3.8) is 0 Å². The molecular weight excluding hydrogens is 418 g/mol. The van der Waals surface area contributed by atoms with E-state index in [1.807, 2.05) is 5.32 Å². The van der Waals surface area contributed by atoms with Crippen molar-refractivity contribution in [2.45, 2.75) is 4.90 Å². The molecule has 0 fully saturated rings. The number of halogens is 3. The molecule has 1 amide bonds. The summed E-state index contributed by atoms with van der Waals surface area (Å²) in [6, 6.07) is 6.43. The van der Waals surface area contributed by atoms with Crippen LogP contribution in [-0.2, 0) is 19.6 Å². The van der Waals surface area contributed by atoms with E-state index in [4.69, 9.17) is 16.3 Å². The van der Waals surface area contributed by atoms with Crippen LogP contribution in [0.25, 0.3) is 0 Å². The maximum Gasteiger partial charge on any atom is 0.340 e. The number of carbonyl (C=O) groups is 2. The minimum Gasteiger partial charge on any atom is -0.452 e. The molecule has 28 heavy (non-hydrogen) atoms. The van der Waals surface area contributed by atoms with Crippen LogP contribution in [0, 0.1) is 11.6 Å². The molecule has 0 unspecified atom stereocenters. The number of nitrogens with zero attached hydrogens (tertiary/aromatic N) is 1. The zero-order chi connectivity index (χ0) is 21.1. The molecule has 2 rings (SSSR count). The van der Waals surface area contributed by atoms with Crippen LogP contribution in [0.15, 0.2) is 41.3 Å². The molecule has 1 N–H and O–H groups in total. The van der Waals surface area contributed by atoms with Crippen LogP contribution in [0.5, 0.6) is 0 Å². The second-order valence-electron chi connectivity index (χ2n) is 5.65. The second-order valence-corrected chi connectivity index (χ2v) is 8.21. The molecule has 0 saturated carbocycles. The molecule has 0 spiro atoms. The topological polar surface area (TPSA) is 92.8 Å². The van der Waals surface area contributed by atoms with Gasteiger partial charge in [-0.2, -0.15) is 0 Å². The average Bonchev–Trinajstić information content (AvgIpc) is 2.63. The normalized spacial score (nSPS) is 11.4. The second kappa shape index (κ2) is 8.63. The van der Waals surface area contributed by atoms with Gasteiger partial charge in [-0.25, -0.2) is 26.3 Å². The Kier molecular flexibility index (Phi) is 6.70. The van der Waals surface area contributed by atoms with Crippen LogP contribution in [0.2, 0.25) is 5.02 Å². The molecule has 2 aromatic rings. The minimum absolute atomic E-state index is 0.0942. The number of anilines is 1. The Morgan fingerprint density at radius 2 is 1.75 bits per heavy atom. The number of carbonyl (C=O) groups excluding carboxylic acids is 2. The lowest BCUT2D eigenvalue weighted by atomic mass is 10.2. The number of amides is 1. The summed E-state index contributed by atoms with van der Waals surface area (Å²) in [6.45, 7) is -0.867. The number of hydrogen-bond acceptors (Lipinski definition) is 5. The fraction of sp³-hybridized carbons (Fsp3) is 0.176. The molecule has 0 aromatic heterocycles. The SMILES string of the molecule is CN(C)S(=O)(=O)c1ccc(Cl)c(C(=O)OCC(=O)Nc2c(F)cccc2F)c1. The van der Waals surface area contributed by atoms with Crippen LogP contribution in [0.1, 0.15) is 10.4 Å². The molecule has 0 aliphatic heterocycles. The van der Waals surface area contributed by atoms with Crippen molar-refractivity contribution in [1.82, 2.24) is 4.31 Å². The number of sulfonamides is 1. The Bertz CT molecular complexity index is 1010. The van der Waals surface area contributed by atoms with Crippen molar-refractivity contribution in [3.8, 4) is 0 Å². The van der Waals surface area contributed by atoms with Crippen molar-refractivity contribution >= 4 is 39.2 Å². The first-order valence-corrected chi connectivity index (χ1v) is 9.49. The van der Waals surface area contributed by atoms with Crippen LogP contribution in [0.4, 0.5) is 14.5 Å². The van der Waals surface area contributed by atoms with Crippen molar-refractivity contribution in [3.05, 3.63) is 58.6 Å². The predicted octanol–water partition coefficient (Wildman–Crippen LogP) is 2.66. The van der Waals surface area contributed by atoms with Gasteiger partial charge < -0.3 is 10.1 Å². The van der Waals surface area contributed by atoms with Gasteiger partial charge in [-0.3, -0.25) is 4.79 Å². The molecule has 0 atom stereocenters. The summed E-state index contributed by atoms with van der Waals surface area (Å²) in [5, 5.41) is 1.85. The summed E-state index contributed by atoms with van der Waals surface area (Å²) in [5.74, 6) is -4.07. The number of hydrogen-bond donors (Lipinski definition) is 1. The van der Waals surface area contributed by atoms with Crippen LogP contribution in [0.3, 0.4) is 0 Å². The van der Waals surface area contributed by atoms with E-state index in [2.05, 4.69) is 0 Å². The highest BCUT2D eigenvalue weighted by Gasteiger charge is 2.22. The van der Waals surface area contributed by atoms with Gasteiger partial charge in [0, 0.05) is 14.1 Å². The quantitative estimate of drug-likeness (QED) is 0.708. The highest BCUT2D eigenvalue weighted by Crippen LogP contribution is 2.23. The fourth-order valence-electron chi connectivity index (χ4n) is 2.03. The maximum absolute atomic E-state index is 13.5. The van der Waals surface area contributed by atoms with Crippen LogP contribution >= 0.6 is 11.6 Å². The minimum atomic E-state index is -3.83. The molecular formula is C17H15ClF2N2O5S. The first kappa shape index (κ1) is 21.7. The van der Waals surface area contributed by atoms with Crippen molar-refractivity contribution < 1.29 is 31.5 Å². The average molecular weight is 433 g/mol. The van der Waals surface area contributed by atoms with Gasteiger partial charge in [-0.05, 0) is 30.3 Å². The predicted molar refractivity (Wildman–Crippen MR) is 97.6 cm³/mol. The smallest absolute Gasteiger partial charge is 0.340 e. The summed E-state index contributed by atoms with van der Waals surface area (Å²) < 4.78 is 57.0. The van der Waals surface area contributed by atoms with Gasteiger partial charge in [-0.1, -0.05) is 17.7 Å². The van der Waals surface area contributed by atoms with Gasteiger partial charge in [0.05, 0.1) is 15.5 Å². The van der Waals surface area contributed by atoms with E-state index in [0.717, 1.165) is 28.6 Å². The summed E-state index contributed by atoms with van der Waals surface area (Å²) in [4.78, 5) is 23.8.